The van der Waals surface area contributed by atoms with E-state index in [1.165, 1.54) is 17.6 Å². The van der Waals surface area contributed by atoms with Gasteiger partial charge in [0.1, 0.15) is 0 Å². The van der Waals surface area contributed by atoms with Crippen LogP contribution in [-0.2, 0) is 4.79 Å². The van der Waals surface area contributed by atoms with Gasteiger partial charge in [0.05, 0.1) is 16.1 Å². The van der Waals surface area contributed by atoms with Gasteiger partial charge in [-0.25, -0.2) is 0 Å². The van der Waals surface area contributed by atoms with Crippen molar-refractivity contribution in [3.8, 4) is 0 Å². The molecule has 144 valence electrons. The molecule has 0 atom stereocenters. The van der Waals surface area contributed by atoms with Crippen molar-refractivity contribution >= 4 is 34.1 Å². The van der Waals surface area contributed by atoms with Gasteiger partial charge in [-0.05, 0) is 43.5 Å². The van der Waals surface area contributed by atoms with Crippen molar-refractivity contribution in [1.29, 1.82) is 0 Å². The number of hydrogen-bond acceptors (Lipinski definition) is 5. The van der Waals surface area contributed by atoms with Gasteiger partial charge in [0.15, 0.2) is 5.76 Å². The van der Waals surface area contributed by atoms with Crippen LogP contribution < -0.4 is 16.0 Å². The lowest BCUT2D eigenvalue weighted by Gasteiger charge is -2.10. The SMILES string of the molecule is Cc1cc(NC(=O)c2ccco2)sc1C(=O)NCCNC(=O)C1CCCC1. The quantitative estimate of drug-likeness (QED) is 0.634. The van der Waals surface area contributed by atoms with Gasteiger partial charge in [-0.15, -0.1) is 11.3 Å². The standard InChI is InChI=1S/C19H23N3O4S/c1-12-11-15(22-18(24)14-7-4-10-26-14)27-16(12)19(25)21-9-8-20-17(23)13-5-2-3-6-13/h4,7,10-11,13H,2-3,5-6,8-9H2,1H3,(H,20,23)(H,21,25)(H,22,24). The molecule has 3 amide bonds. The molecule has 0 unspecified atom stereocenters. The molecule has 1 fully saturated rings. The van der Waals surface area contributed by atoms with E-state index >= 15 is 0 Å². The number of anilines is 1. The van der Waals surface area contributed by atoms with E-state index < -0.39 is 0 Å². The summed E-state index contributed by atoms with van der Waals surface area (Å²) < 4.78 is 5.05. The lowest BCUT2D eigenvalue weighted by molar-refractivity contribution is -0.124. The zero-order valence-electron chi connectivity index (χ0n) is 15.2. The second kappa shape index (κ2) is 8.85. The van der Waals surface area contributed by atoms with Gasteiger partial charge in [-0.1, -0.05) is 12.8 Å². The third-order valence-corrected chi connectivity index (χ3v) is 5.69. The van der Waals surface area contributed by atoms with E-state index in [1.807, 2.05) is 6.92 Å². The summed E-state index contributed by atoms with van der Waals surface area (Å²) in [6.07, 6.45) is 5.58. The fourth-order valence-corrected chi connectivity index (χ4v) is 4.11. The first-order valence-corrected chi connectivity index (χ1v) is 9.87. The first-order chi connectivity index (χ1) is 13.0. The third kappa shape index (κ3) is 4.97. The van der Waals surface area contributed by atoms with Crippen LogP contribution in [0.15, 0.2) is 28.9 Å². The van der Waals surface area contributed by atoms with Crippen molar-refractivity contribution in [2.24, 2.45) is 5.92 Å². The minimum absolute atomic E-state index is 0.0805. The van der Waals surface area contributed by atoms with E-state index in [-0.39, 0.29) is 29.4 Å². The van der Waals surface area contributed by atoms with Crippen molar-refractivity contribution in [1.82, 2.24) is 10.6 Å². The maximum Gasteiger partial charge on any atom is 0.291 e. The Morgan fingerprint density at radius 2 is 1.89 bits per heavy atom. The number of hydrogen-bond donors (Lipinski definition) is 3. The van der Waals surface area contributed by atoms with E-state index in [9.17, 15) is 14.4 Å². The van der Waals surface area contributed by atoms with E-state index in [0.717, 1.165) is 31.2 Å². The normalized spacial score (nSPS) is 14.1. The minimum atomic E-state index is -0.358. The highest BCUT2D eigenvalue weighted by Gasteiger charge is 2.22. The number of furan rings is 1. The Kier molecular flexibility index (Phi) is 6.28. The predicted molar refractivity (Wildman–Crippen MR) is 103 cm³/mol. The zero-order valence-corrected chi connectivity index (χ0v) is 16.0. The molecule has 0 radical (unpaired) electrons. The van der Waals surface area contributed by atoms with E-state index in [0.29, 0.717) is 23.0 Å². The highest BCUT2D eigenvalue weighted by atomic mass is 32.1. The topological polar surface area (TPSA) is 100 Å². The Morgan fingerprint density at radius 1 is 1.15 bits per heavy atom. The maximum absolute atomic E-state index is 12.3. The fourth-order valence-electron chi connectivity index (χ4n) is 3.12. The van der Waals surface area contributed by atoms with Crippen molar-refractivity contribution < 1.29 is 18.8 Å². The second-order valence-corrected chi connectivity index (χ2v) is 7.63. The van der Waals surface area contributed by atoms with Crippen molar-refractivity contribution in [2.75, 3.05) is 18.4 Å². The Bertz CT molecular complexity index is 807. The smallest absolute Gasteiger partial charge is 0.291 e. The molecule has 1 aliphatic rings. The van der Waals surface area contributed by atoms with Gasteiger partial charge in [0.25, 0.3) is 11.8 Å². The number of nitrogens with one attached hydrogen (secondary N) is 3. The summed E-state index contributed by atoms with van der Waals surface area (Å²) in [5.41, 5.74) is 0.780. The highest BCUT2D eigenvalue weighted by molar-refractivity contribution is 7.18. The van der Waals surface area contributed by atoms with Crippen LogP contribution in [0, 0.1) is 12.8 Å². The predicted octanol–water partition coefficient (Wildman–Crippen LogP) is 2.94. The summed E-state index contributed by atoms with van der Waals surface area (Å²) in [5, 5.41) is 8.98. The molecular weight excluding hydrogens is 366 g/mol. The average molecular weight is 389 g/mol. The number of thiophene rings is 1. The van der Waals surface area contributed by atoms with E-state index in [2.05, 4.69) is 16.0 Å². The lowest BCUT2D eigenvalue weighted by Crippen LogP contribution is -2.37. The van der Waals surface area contributed by atoms with Gasteiger partial charge in [-0.3, -0.25) is 14.4 Å². The molecule has 0 aliphatic heterocycles. The van der Waals surface area contributed by atoms with Gasteiger partial charge < -0.3 is 20.4 Å². The summed E-state index contributed by atoms with van der Waals surface area (Å²) in [6.45, 7) is 2.59. The number of carbonyl (C=O) groups excluding carboxylic acids is 3. The molecule has 2 aromatic rings. The highest BCUT2D eigenvalue weighted by Crippen LogP contribution is 2.27. The van der Waals surface area contributed by atoms with E-state index in [1.54, 1.807) is 18.2 Å². The number of amides is 3. The molecule has 1 aliphatic carbocycles. The zero-order chi connectivity index (χ0) is 19.2. The first kappa shape index (κ1) is 19.2. The summed E-state index contributed by atoms with van der Waals surface area (Å²) in [4.78, 5) is 36.8. The Balaban J connectivity index is 1.46. The Hall–Kier alpha value is -2.61. The summed E-state index contributed by atoms with van der Waals surface area (Å²) in [5.74, 6) is -0.156. The fraction of sp³-hybridized carbons (Fsp3) is 0.421. The molecule has 27 heavy (non-hydrogen) atoms. The van der Waals surface area contributed by atoms with Crippen LogP contribution >= 0.6 is 11.3 Å². The Labute approximate surface area is 161 Å². The monoisotopic (exact) mass is 389 g/mol. The molecule has 3 rings (SSSR count). The summed E-state index contributed by atoms with van der Waals surface area (Å²) >= 11 is 1.20. The van der Waals surface area contributed by atoms with Gasteiger partial charge in [-0.2, -0.15) is 0 Å². The van der Waals surface area contributed by atoms with Crippen molar-refractivity contribution in [3.63, 3.8) is 0 Å². The molecule has 0 spiro atoms. The largest absolute Gasteiger partial charge is 0.459 e. The Morgan fingerprint density at radius 3 is 2.59 bits per heavy atom. The maximum atomic E-state index is 12.3. The molecule has 0 saturated heterocycles. The number of carbonyl (C=O) groups is 3. The summed E-state index contributed by atoms with van der Waals surface area (Å²) in [6, 6.07) is 4.96. The molecular formula is C19H23N3O4S. The lowest BCUT2D eigenvalue weighted by atomic mass is 10.1. The van der Waals surface area contributed by atoms with E-state index in [4.69, 9.17) is 4.42 Å². The van der Waals surface area contributed by atoms with Crippen LogP contribution in [0.4, 0.5) is 5.00 Å². The van der Waals surface area contributed by atoms with Gasteiger partial charge >= 0.3 is 0 Å². The van der Waals surface area contributed by atoms with Crippen LogP contribution in [0.5, 0.6) is 0 Å². The number of rotatable bonds is 7. The van der Waals surface area contributed by atoms with Crippen LogP contribution in [0.3, 0.4) is 0 Å². The molecule has 2 aromatic heterocycles. The first-order valence-electron chi connectivity index (χ1n) is 9.06. The molecule has 3 N–H and O–H groups in total. The molecule has 2 heterocycles. The molecule has 1 saturated carbocycles. The molecule has 8 heteroatoms. The van der Waals surface area contributed by atoms with Gasteiger partial charge in [0, 0.05) is 19.0 Å². The van der Waals surface area contributed by atoms with Crippen LogP contribution in [0.25, 0.3) is 0 Å². The molecule has 7 nitrogen and oxygen atoms in total. The molecule has 0 aromatic carbocycles. The number of aryl methyl sites for hydroxylation is 1. The van der Waals surface area contributed by atoms with Crippen LogP contribution in [0.1, 0.15) is 51.5 Å². The average Bonchev–Trinajstić information content (AvgIpc) is 3.39. The second-order valence-electron chi connectivity index (χ2n) is 6.58. The van der Waals surface area contributed by atoms with Crippen molar-refractivity contribution in [2.45, 2.75) is 32.6 Å². The summed E-state index contributed by atoms with van der Waals surface area (Å²) in [7, 11) is 0. The molecule has 0 bridgehead atoms. The minimum Gasteiger partial charge on any atom is -0.459 e. The van der Waals surface area contributed by atoms with Crippen LogP contribution in [-0.4, -0.2) is 30.8 Å². The third-order valence-electron chi connectivity index (χ3n) is 4.54. The van der Waals surface area contributed by atoms with Gasteiger partial charge in [0.2, 0.25) is 5.91 Å². The van der Waals surface area contributed by atoms with Crippen LogP contribution in [0.2, 0.25) is 0 Å². The van der Waals surface area contributed by atoms with Crippen molar-refractivity contribution in [3.05, 3.63) is 40.7 Å².